The minimum atomic E-state index is 0.344. The summed E-state index contributed by atoms with van der Waals surface area (Å²) in [5.41, 5.74) is 1.69. The van der Waals surface area contributed by atoms with E-state index in [0.29, 0.717) is 5.06 Å². The molecule has 0 bridgehead atoms. The van der Waals surface area contributed by atoms with E-state index in [2.05, 4.69) is 11.9 Å². The maximum Gasteiger partial charge on any atom is 0.180 e. The third-order valence-corrected chi connectivity index (χ3v) is 3.35. The lowest BCUT2D eigenvalue weighted by atomic mass is 10.3. The van der Waals surface area contributed by atoms with Gasteiger partial charge in [0, 0.05) is 16.7 Å². The van der Waals surface area contributed by atoms with Crippen LogP contribution in [0.15, 0.2) is 41.4 Å². The number of hydrogen-bond donors (Lipinski definition) is 1. The quantitative estimate of drug-likeness (QED) is 0.801. The van der Waals surface area contributed by atoms with Crippen LogP contribution in [0, 0.1) is 0 Å². The summed E-state index contributed by atoms with van der Waals surface area (Å²) >= 11 is 1.41. The zero-order valence-corrected chi connectivity index (χ0v) is 9.87. The Bertz CT molecular complexity index is 488. The van der Waals surface area contributed by atoms with Crippen LogP contribution in [0.25, 0.3) is 0 Å². The molecule has 0 aliphatic heterocycles. The molecule has 16 heavy (non-hydrogen) atoms. The fourth-order valence-corrected chi connectivity index (χ4v) is 2.18. The van der Waals surface area contributed by atoms with Crippen molar-refractivity contribution in [2.45, 2.75) is 13.3 Å². The maximum absolute atomic E-state index is 9.67. The number of aryl methyl sites for hydroxylation is 1. The van der Waals surface area contributed by atoms with Crippen molar-refractivity contribution in [2.24, 2.45) is 4.99 Å². The lowest BCUT2D eigenvalue weighted by Crippen LogP contribution is -1.76. The van der Waals surface area contributed by atoms with Crippen molar-refractivity contribution in [3.05, 3.63) is 46.8 Å². The Morgan fingerprint density at radius 3 is 2.69 bits per heavy atom. The molecule has 1 aromatic carbocycles. The van der Waals surface area contributed by atoms with E-state index in [1.807, 2.05) is 36.4 Å². The molecular weight excluding hydrogens is 218 g/mol. The molecule has 0 fully saturated rings. The fourth-order valence-electron chi connectivity index (χ4n) is 1.37. The van der Waals surface area contributed by atoms with E-state index >= 15 is 0 Å². The van der Waals surface area contributed by atoms with Gasteiger partial charge in [-0.25, -0.2) is 0 Å². The van der Waals surface area contributed by atoms with Gasteiger partial charge in [-0.3, -0.25) is 4.99 Å². The summed E-state index contributed by atoms with van der Waals surface area (Å²) in [4.78, 5) is 5.48. The Morgan fingerprint density at radius 1 is 1.31 bits per heavy atom. The first-order chi connectivity index (χ1) is 7.79. The second kappa shape index (κ2) is 4.94. The molecule has 1 aromatic heterocycles. The van der Waals surface area contributed by atoms with Crippen LogP contribution in [0.4, 0.5) is 5.69 Å². The number of aromatic hydroxyl groups is 1. The van der Waals surface area contributed by atoms with E-state index in [9.17, 15) is 5.11 Å². The van der Waals surface area contributed by atoms with Crippen molar-refractivity contribution in [1.29, 1.82) is 0 Å². The van der Waals surface area contributed by atoms with Crippen molar-refractivity contribution in [3.8, 4) is 5.06 Å². The fraction of sp³-hybridized carbons (Fsp3) is 0.154. The number of thiophene rings is 1. The predicted octanol–water partition coefficient (Wildman–Crippen LogP) is 3.77. The number of rotatable bonds is 3. The number of aliphatic imine (C=N–C) groups is 1. The molecule has 2 nitrogen and oxygen atoms in total. The van der Waals surface area contributed by atoms with Gasteiger partial charge in [-0.15, -0.1) is 11.3 Å². The molecule has 0 saturated carbocycles. The zero-order chi connectivity index (χ0) is 11.4. The van der Waals surface area contributed by atoms with Gasteiger partial charge in [0.1, 0.15) is 0 Å². The molecule has 0 saturated heterocycles. The third kappa shape index (κ3) is 2.49. The van der Waals surface area contributed by atoms with Crippen LogP contribution >= 0.6 is 11.3 Å². The lowest BCUT2D eigenvalue weighted by Gasteiger charge is -1.91. The first kappa shape index (κ1) is 10.9. The Balaban J connectivity index is 2.20. The molecule has 0 atom stereocenters. The van der Waals surface area contributed by atoms with E-state index < -0.39 is 0 Å². The van der Waals surface area contributed by atoms with Crippen molar-refractivity contribution in [2.75, 3.05) is 0 Å². The Kier molecular flexibility index (Phi) is 3.37. The minimum absolute atomic E-state index is 0.344. The van der Waals surface area contributed by atoms with E-state index in [0.717, 1.165) is 17.7 Å². The Morgan fingerprint density at radius 2 is 2.06 bits per heavy atom. The summed E-state index contributed by atoms with van der Waals surface area (Å²) in [7, 11) is 0. The SMILES string of the molecule is CCc1cc(C=Nc2ccccc2)c(O)s1. The van der Waals surface area contributed by atoms with Crippen molar-refractivity contribution >= 4 is 23.2 Å². The molecule has 1 N–H and O–H groups in total. The molecule has 0 aliphatic rings. The van der Waals surface area contributed by atoms with Crippen LogP contribution in [-0.2, 0) is 6.42 Å². The van der Waals surface area contributed by atoms with Crippen LogP contribution in [0.5, 0.6) is 5.06 Å². The van der Waals surface area contributed by atoms with Crippen LogP contribution in [0.2, 0.25) is 0 Å². The molecule has 0 spiro atoms. The van der Waals surface area contributed by atoms with Crippen LogP contribution < -0.4 is 0 Å². The van der Waals surface area contributed by atoms with Gasteiger partial charge in [-0.1, -0.05) is 25.1 Å². The second-order valence-electron chi connectivity index (χ2n) is 3.42. The second-order valence-corrected chi connectivity index (χ2v) is 4.54. The standard InChI is InChI=1S/C13H13NOS/c1-2-12-8-10(13(15)16-12)9-14-11-6-4-3-5-7-11/h3-9,15H,2H2,1H3. The van der Waals surface area contributed by atoms with Gasteiger partial charge in [-0.2, -0.15) is 0 Å². The highest BCUT2D eigenvalue weighted by Crippen LogP contribution is 2.28. The van der Waals surface area contributed by atoms with Gasteiger partial charge in [0.25, 0.3) is 0 Å². The number of hydrogen-bond acceptors (Lipinski definition) is 3. The van der Waals surface area contributed by atoms with E-state index in [1.165, 1.54) is 16.2 Å². The smallest absolute Gasteiger partial charge is 0.180 e. The van der Waals surface area contributed by atoms with Gasteiger partial charge in [0.2, 0.25) is 0 Å². The minimum Gasteiger partial charge on any atom is -0.499 e. The molecule has 0 aliphatic carbocycles. The predicted molar refractivity (Wildman–Crippen MR) is 69.1 cm³/mol. The maximum atomic E-state index is 9.67. The van der Waals surface area contributed by atoms with Crippen LogP contribution in [0.1, 0.15) is 17.4 Å². The van der Waals surface area contributed by atoms with Gasteiger partial charge in [-0.05, 0) is 24.6 Å². The Hall–Kier alpha value is -1.61. The van der Waals surface area contributed by atoms with Crippen LogP contribution in [-0.4, -0.2) is 11.3 Å². The van der Waals surface area contributed by atoms with Gasteiger partial charge >= 0.3 is 0 Å². The first-order valence-electron chi connectivity index (χ1n) is 5.20. The summed E-state index contributed by atoms with van der Waals surface area (Å²) < 4.78 is 0. The molecule has 0 radical (unpaired) electrons. The van der Waals surface area contributed by atoms with Gasteiger partial charge < -0.3 is 5.11 Å². The monoisotopic (exact) mass is 231 g/mol. The number of nitrogens with zero attached hydrogens (tertiary/aromatic N) is 1. The highest BCUT2D eigenvalue weighted by Gasteiger charge is 2.03. The molecule has 82 valence electrons. The average molecular weight is 231 g/mol. The highest BCUT2D eigenvalue weighted by molar-refractivity contribution is 7.14. The van der Waals surface area contributed by atoms with Crippen molar-refractivity contribution < 1.29 is 5.11 Å². The van der Waals surface area contributed by atoms with E-state index in [1.54, 1.807) is 6.21 Å². The molecular formula is C13H13NOS. The normalized spacial score (nSPS) is 11.1. The third-order valence-electron chi connectivity index (χ3n) is 2.25. The summed E-state index contributed by atoms with van der Waals surface area (Å²) in [6.07, 6.45) is 2.65. The molecule has 3 heteroatoms. The molecule has 2 rings (SSSR count). The summed E-state index contributed by atoms with van der Waals surface area (Å²) in [6, 6.07) is 11.7. The summed E-state index contributed by atoms with van der Waals surface area (Å²) in [5.74, 6) is 0. The van der Waals surface area contributed by atoms with Gasteiger partial charge in [0.05, 0.1) is 5.69 Å². The van der Waals surface area contributed by atoms with Crippen molar-refractivity contribution in [3.63, 3.8) is 0 Å². The first-order valence-corrected chi connectivity index (χ1v) is 6.02. The highest BCUT2D eigenvalue weighted by atomic mass is 32.1. The molecule has 0 amide bonds. The topological polar surface area (TPSA) is 32.6 Å². The Labute approximate surface area is 98.9 Å². The van der Waals surface area contributed by atoms with Crippen LogP contribution in [0.3, 0.4) is 0 Å². The van der Waals surface area contributed by atoms with Crippen molar-refractivity contribution in [1.82, 2.24) is 0 Å². The van der Waals surface area contributed by atoms with Gasteiger partial charge in [0.15, 0.2) is 5.06 Å². The number of para-hydroxylation sites is 1. The molecule has 1 heterocycles. The molecule has 0 unspecified atom stereocenters. The zero-order valence-electron chi connectivity index (χ0n) is 9.05. The molecule has 2 aromatic rings. The van der Waals surface area contributed by atoms with E-state index in [4.69, 9.17) is 0 Å². The average Bonchev–Trinajstić information content (AvgIpc) is 2.69. The lowest BCUT2D eigenvalue weighted by molar-refractivity contribution is 0.490. The van der Waals surface area contributed by atoms with E-state index in [-0.39, 0.29) is 0 Å². The largest absolute Gasteiger partial charge is 0.499 e. The summed E-state index contributed by atoms with van der Waals surface area (Å²) in [5, 5.41) is 10.0. The summed E-state index contributed by atoms with van der Waals surface area (Å²) in [6.45, 7) is 2.07. The number of benzene rings is 1.